The maximum atomic E-state index is 5.63. The largest absolute Gasteiger partial charge is 0.475 e. The minimum absolute atomic E-state index is 0.144. The van der Waals surface area contributed by atoms with Crippen LogP contribution in [0.15, 0.2) is 12.3 Å². The van der Waals surface area contributed by atoms with Crippen LogP contribution < -0.4 is 9.64 Å². The van der Waals surface area contributed by atoms with E-state index in [-0.39, 0.29) is 6.10 Å². The molecule has 1 fully saturated rings. The van der Waals surface area contributed by atoms with Gasteiger partial charge >= 0.3 is 0 Å². The van der Waals surface area contributed by atoms with Crippen molar-refractivity contribution >= 4 is 21.9 Å². The van der Waals surface area contributed by atoms with Crippen LogP contribution in [0.5, 0.6) is 5.88 Å². The Labute approximate surface area is 123 Å². The highest BCUT2D eigenvalue weighted by Gasteiger charge is 2.21. The molecule has 106 valence electrons. The fourth-order valence-electron chi connectivity index (χ4n) is 2.43. The van der Waals surface area contributed by atoms with Gasteiger partial charge in [-0.25, -0.2) is 4.98 Å². The monoisotopic (exact) mass is 327 g/mol. The molecule has 1 unspecified atom stereocenters. The van der Waals surface area contributed by atoms with Crippen LogP contribution >= 0.6 is 15.9 Å². The van der Waals surface area contributed by atoms with E-state index in [4.69, 9.17) is 4.74 Å². The van der Waals surface area contributed by atoms with E-state index in [1.807, 2.05) is 19.9 Å². The summed E-state index contributed by atoms with van der Waals surface area (Å²) in [6.07, 6.45) is 5.68. The highest BCUT2D eigenvalue weighted by atomic mass is 79.9. The van der Waals surface area contributed by atoms with Crippen LogP contribution in [-0.2, 0) is 0 Å². The zero-order valence-electron chi connectivity index (χ0n) is 11.7. The van der Waals surface area contributed by atoms with Gasteiger partial charge in [-0.05, 0) is 39.0 Å². The summed E-state index contributed by atoms with van der Waals surface area (Å²) in [5.41, 5.74) is 0. The molecule has 1 aromatic heterocycles. The van der Waals surface area contributed by atoms with E-state index < -0.39 is 0 Å². The van der Waals surface area contributed by atoms with Crippen molar-refractivity contribution in [2.75, 3.05) is 23.3 Å². The third kappa shape index (κ3) is 4.34. The summed E-state index contributed by atoms with van der Waals surface area (Å²) in [5.74, 6) is 2.21. The second kappa shape index (κ2) is 7.08. The molecule has 2 heterocycles. The first-order valence-corrected chi connectivity index (χ1v) is 8.12. The Morgan fingerprint density at radius 2 is 2.37 bits per heavy atom. The van der Waals surface area contributed by atoms with Crippen molar-refractivity contribution in [2.24, 2.45) is 5.92 Å². The maximum absolute atomic E-state index is 5.63. The smallest absolute Gasteiger partial charge is 0.228 e. The van der Waals surface area contributed by atoms with E-state index >= 15 is 0 Å². The van der Waals surface area contributed by atoms with E-state index in [0.29, 0.717) is 5.88 Å². The molecule has 0 saturated carbocycles. The van der Waals surface area contributed by atoms with Gasteiger partial charge in [-0.2, -0.15) is 4.98 Å². The molecule has 0 aliphatic carbocycles. The predicted molar refractivity (Wildman–Crippen MR) is 81.1 cm³/mol. The van der Waals surface area contributed by atoms with E-state index in [9.17, 15) is 0 Å². The Kier molecular flexibility index (Phi) is 5.43. The molecule has 0 N–H and O–H groups in total. The number of hydrogen-bond donors (Lipinski definition) is 0. The van der Waals surface area contributed by atoms with Crippen LogP contribution in [0.1, 0.15) is 33.1 Å². The van der Waals surface area contributed by atoms with Gasteiger partial charge in [-0.15, -0.1) is 0 Å². The van der Waals surface area contributed by atoms with Crippen LogP contribution in [-0.4, -0.2) is 34.5 Å². The van der Waals surface area contributed by atoms with Crippen molar-refractivity contribution in [1.82, 2.24) is 9.97 Å². The van der Waals surface area contributed by atoms with Crippen molar-refractivity contribution in [3.05, 3.63) is 12.3 Å². The van der Waals surface area contributed by atoms with Crippen LogP contribution in [0, 0.1) is 5.92 Å². The molecular formula is C14H22BrN3O. The predicted octanol–water partition coefficient (Wildman–Crippen LogP) is 3.27. The Morgan fingerprint density at radius 1 is 1.53 bits per heavy atom. The van der Waals surface area contributed by atoms with E-state index in [0.717, 1.165) is 30.3 Å². The van der Waals surface area contributed by atoms with Gasteiger partial charge in [0.2, 0.25) is 11.8 Å². The lowest BCUT2D eigenvalue weighted by atomic mass is 9.96. The summed E-state index contributed by atoms with van der Waals surface area (Å²) in [5, 5.41) is 1.07. The van der Waals surface area contributed by atoms with E-state index in [1.54, 1.807) is 6.20 Å². The second-order valence-corrected chi connectivity index (χ2v) is 6.09. The Bertz CT molecular complexity index is 398. The molecule has 2 rings (SSSR count). The van der Waals surface area contributed by atoms with Crippen LogP contribution in [0.2, 0.25) is 0 Å². The Balaban J connectivity index is 2.04. The highest BCUT2D eigenvalue weighted by molar-refractivity contribution is 9.09. The Morgan fingerprint density at radius 3 is 3.11 bits per heavy atom. The molecule has 0 bridgehead atoms. The number of aromatic nitrogens is 2. The molecule has 19 heavy (non-hydrogen) atoms. The average molecular weight is 328 g/mol. The molecule has 1 aliphatic rings. The SMILES string of the molecule is CC(C)Oc1ccnc(N2CCCC(CCBr)C2)n1. The number of hydrogen-bond acceptors (Lipinski definition) is 4. The van der Waals surface area contributed by atoms with Gasteiger partial charge in [0.1, 0.15) is 0 Å². The van der Waals surface area contributed by atoms with Crippen molar-refractivity contribution in [3.63, 3.8) is 0 Å². The zero-order valence-corrected chi connectivity index (χ0v) is 13.3. The summed E-state index contributed by atoms with van der Waals surface area (Å²) in [7, 11) is 0. The third-order valence-electron chi connectivity index (χ3n) is 3.29. The molecule has 1 atom stereocenters. The molecule has 0 aromatic carbocycles. The molecule has 1 aliphatic heterocycles. The summed E-state index contributed by atoms with van der Waals surface area (Å²) in [6, 6.07) is 1.82. The van der Waals surface area contributed by atoms with Crippen molar-refractivity contribution < 1.29 is 4.74 Å². The molecule has 1 saturated heterocycles. The normalized spacial score (nSPS) is 19.8. The second-order valence-electron chi connectivity index (χ2n) is 5.29. The van der Waals surface area contributed by atoms with Gasteiger partial charge in [0.25, 0.3) is 0 Å². The van der Waals surface area contributed by atoms with Crippen molar-refractivity contribution in [2.45, 2.75) is 39.2 Å². The number of alkyl halides is 1. The number of piperidine rings is 1. The van der Waals surface area contributed by atoms with E-state index in [1.165, 1.54) is 19.3 Å². The van der Waals surface area contributed by atoms with Crippen LogP contribution in [0.25, 0.3) is 0 Å². The zero-order chi connectivity index (χ0) is 13.7. The van der Waals surface area contributed by atoms with Crippen molar-refractivity contribution in [3.8, 4) is 5.88 Å². The van der Waals surface area contributed by atoms with Gasteiger partial charge in [-0.3, -0.25) is 0 Å². The van der Waals surface area contributed by atoms with Gasteiger partial charge in [0.15, 0.2) is 0 Å². The quantitative estimate of drug-likeness (QED) is 0.778. The summed E-state index contributed by atoms with van der Waals surface area (Å²) >= 11 is 3.53. The minimum Gasteiger partial charge on any atom is -0.475 e. The number of halogens is 1. The molecule has 0 amide bonds. The fourth-order valence-corrected chi connectivity index (χ4v) is 3.08. The molecule has 1 aromatic rings. The maximum Gasteiger partial charge on any atom is 0.228 e. The first kappa shape index (κ1) is 14.6. The molecule has 5 heteroatoms. The third-order valence-corrected chi connectivity index (χ3v) is 3.75. The molecule has 4 nitrogen and oxygen atoms in total. The molecule has 0 radical (unpaired) electrons. The summed E-state index contributed by atoms with van der Waals surface area (Å²) in [6.45, 7) is 6.12. The van der Waals surface area contributed by atoms with E-state index in [2.05, 4.69) is 30.8 Å². The number of nitrogens with zero attached hydrogens (tertiary/aromatic N) is 3. The lowest BCUT2D eigenvalue weighted by molar-refractivity contribution is 0.232. The molecule has 0 spiro atoms. The van der Waals surface area contributed by atoms with Gasteiger partial charge in [0, 0.05) is 30.7 Å². The fraction of sp³-hybridized carbons (Fsp3) is 0.714. The van der Waals surface area contributed by atoms with Gasteiger partial charge in [0.05, 0.1) is 6.10 Å². The lowest BCUT2D eigenvalue weighted by Crippen LogP contribution is -2.36. The topological polar surface area (TPSA) is 38.2 Å². The highest BCUT2D eigenvalue weighted by Crippen LogP contribution is 2.24. The van der Waals surface area contributed by atoms with Crippen LogP contribution in [0.4, 0.5) is 5.95 Å². The summed E-state index contributed by atoms with van der Waals surface area (Å²) < 4.78 is 5.63. The minimum atomic E-state index is 0.144. The Hall–Kier alpha value is -0.840. The first-order chi connectivity index (χ1) is 9.19. The average Bonchev–Trinajstić information content (AvgIpc) is 2.39. The first-order valence-electron chi connectivity index (χ1n) is 6.99. The molecular weight excluding hydrogens is 306 g/mol. The lowest BCUT2D eigenvalue weighted by Gasteiger charge is -2.32. The van der Waals surface area contributed by atoms with Crippen molar-refractivity contribution in [1.29, 1.82) is 0 Å². The van der Waals surface area contributed by atoms with Gasteiger partial charge < -0.3 is 9.64 Å². The summed E-state index contributed by atoms with van der Waals surface area (Å²) in [4.78, 5) is 11.2. The standard InChI is InChI=1S/C14H22BrN3O/c1-11(2)19-13-6-8-16-14(17-13)18-9-3-4-12(10-18)5-7-15/h6,8,11-12H,3-5,7,9-10H2,1-2H3. The number of rotatable bonds is 5. The number of anilines is 1. The van der Waals surface area contributed by atoms with Crippen LogP contribution in [0.3, 0.4) is 0 Å². The van der Waals surface area contributed by atoms with Gasteiger partial charge in [-0.1, -0.05) is 15.9 Å². The number of ether oxygens (including phenoxy) is 1.